The van der Waals surface area contributed by atoms with Gasteiger partial charge in [-0.25, -0.2) is 0 Å². The minimum absolute atomic E-state index is 0.260. The van der Waals surface area contributed by atoms with E-state index in [0.29, 0.717) is 12.8 Å². The van der Waals surface area contributed by atoms with E-state index in [2.05, 4.69) is 6.58 Å². The van der Waals surface area contributed by atoms with Gasteiger partial charge in [-0.15, -0.1) is 6.58 Å². The highest BCUT2D eigenvalue weighted by Crippen LogP contribution is 2.13. The normalized spacial score (nSPS) is 11.8. The first kappa shape index (κ1) is 12.7. The van der Waals surface area contributed by atoms with Crippen LogP contribution in [0.15, 0.2) is 12.7 Å². The molecule has 1 unspecified atom stereocenters. The summed E-state index contributed by atoms with van der Waals surface area (Å²) in [5.41, 5.74) is 0. The summed E-state index contributed by atoms with van der Waals surface area (Å²) in [5, 5.41) is 10.3. The second-order valence-corrected chi connectivity index (χ2v) is 2.89. The van der Waals surface area contributed by atoms with Gasteiger partial charge in [-0.3, -0.25) is 4.79 Å². The first-order valence-corrected chi connectivity index (χ1v) is 4.59. The van der Waals surface area contributed by atoms with E-state index in [-0.39, 0.29) is 13.0 Å². The smallest absolute Gasteiger partial charge is 0.309 e. The SMILES string of the molecule is C=CCCC(CC(=O)[O-])C(=O)OCC. The molecule has 4 nitrogen and oxygen atoms in total. The lowest BCUT2D eigenvalue weighted by Crippen LogP contribution is -2.29. The van der Waals surface area contributed by atoms with Crippen LogP contribution in [-0.4, -0.2) is 18.5 Å². The molecule has 0 aromatic heterocycles. The molecule has 0 bridgehead atoms. The Kier molecular flexibility index (Phi) is 6.45. The van der Waals surface area contributed by atoms with Gasteiger partial charge in [0.05, 0.1) is 12.5 Å². The second kappa shape index (κ2) is 7.12. The zero-order chi connectivity index (χ0) is 11.0. The van der Waals surface area contributed by atoms with E-state index < -0.39 is 17.9 Å². The van der Waals surface area contributed by atoms with Gasteiger partial charge < -0.3 is 14.6 Å². The molecular weight excluding hydrogens is 184 g/mol. The third kappa shape index (κ3) is 5.35. The summed E-state index contributed by atoms with van der Waals surface area (Å²) in [7, 11) is 0. The van der Waals surface area contributed by atoms with Crippen LogP contribution < -0.4 is 5.11 Å². The molecule has 0 saturated carbocycles. The van der Waals surface area contributed by atoms with E-state index in [1.165, 1.54) is 0 Å². The largest absolute Gasteiger partial charge is 0.550 e. The number of carboxylic acids is 1. The fourth-order valence-corrected chi connectivity index (χ4v) is 1.08. The van der Waals surface area contributed by atoms with E-state index in [4.69, 9.17) is 4.74 Å². The number of hydrogen-bond acceptors (Lipinski definition) is 4. The molecule has 0 heterocycles. The maximum Gasteiger partial charge on any atom is 0.309 e. The van der Waals surface area contributed by atoms with E-state index in [1.54, 1.807) is 13.0 Å². The van der Waals surface area contributed by atoms with Crippen molar-refractivity contribution in [2.75, 3.05) is 6.61 Å². The number of rotatable bonds is 7. The van der Waals surface area contributed by atoms with E-state index in [1.807, 2.05) is 0 Å². The topological polar surface area (TPSA) is 66.4 Å². The molecule has 4 heteroatoms. The lowest BCUT2D eigenvalue weighted by Gasteiger charge is -2.14. The highest BCUT2D eigenvalue weighted by atomic mass is 16.5. The Morgan fingerprint density at radius 3 is 2.64 bits per heavy atom. The molecule has 1 atom stereocenters. The third-order valence-corrected chi connectivity index (χ3v) is 1.75. The number of carbonyl (C=O) groups excluding carboxylic acids is 2. The van der Waals surface area contributed by atoms with E-state index >= 15 is 0 Å². The maximum absolute atomic E-state index is 11.2. The Labute approximate surface area is 83.6 Å². The van der Waals surface area contributed by atoms with E-state index in [0.717, 1.165) is 0 Å². The van der Waals surface area contributed by atoms with Crippen LogP contribution in [0, 0.1) is 5.92 Å². The molecule has 0 rings (SSSR count). The summed E-state index contributed by atoms with van der Waals surface area (Å²) in [4.78, 5) is 21.6. The van der Waals surface area contributed by atoms with Crippen molar-refractivity contribution in [3.05, 3.63) is 12.7 Å². The zero-order valence-corrected chi connectivity index (χ0v) is 8.32. The molecular formula is C10H15O4-. The Bertz CT molecular complexity index is 210. The molecule has 80 valence electrons. The number of carboxylic acid groups (broad SMARTS) is 1. The summed E-state index contributed by atoms with van der Waals surface area (Å²) >= 11 is 0. The second-order valence-electron chi connectivity index (χ2n) is 2.89. The highest BCUT2D eigenvalue weighted by molar-refractivity contribution is 5.78. The molecule has 0 aromatic carbocycles. The molecule has 0 spiro atoms. The van der Waals surface area contributed by atoms with Gasteiger partial charge in [0.15, 0.2) is 0 Å². The van der Waals surface area contributed by atoms with Crippen LogP contribution in [0.4, 0.5) is 0 Å². The van der Waals surface area contributed by atoms with Crippen molar-refractivity contribution < 1.29 is 19.4 Å². The van der Waals surface area contributed by atoms with Crippen LogP contribution in [-0.2, 0) is 14.3 Å². The average Bonchev–Trinajstić information content (AvgIpc) is 2.12. The van der Waals surface area contributed by atoms with Crippen molar-refractivity contribution in [3.8, 4) is 0 Å². The summed E-state index contributed by atoms with van der Waals surface area (Å²) in [6, 6.07) is 0. The zero-order valence-electron chi connectivity index (χ0n) is 8.32. The average molecular weight is 199 g/mol. The Morgan fingerprint density at radius 2 is 2.21 bits per heavy atom. The summed E-state index contributed by atoms with van der Waals surface area (Å²) in [6.45, 7) is 5.44. The first-order chi connectivity index (χ1) is 6.61. The lowest BCUT2D eigenvalue weighted by molar-refractivity contribution is -0.306. The van der Waals surface area contributed by atoms with Crippen molar-refractivity contribution in [2.45, 2.75) is 26.2 Å². The first-order valence-electron chi connectivity index (χ1n) is 4.59. The van der Waals surface area contributed by atoms with Crippen LogP contribution >= 0.6 is 0 Å². The standard InChI is InChI=1S/C10H16O4/c1-3-5-6-8(7-9(11)12)10(13)14-4-2/h3,8H,1,4-7H2,2H3,(H,11,12)/p-1. The van der Waals surface area contributed by atoms with Gasteiger partial charge >= 0.3 is 5.97 Å². The number of ether oxygens (including phenoxy) is 1. The van der Waals surface area contributed by atoms with Crippen molar-refractivity contribution in [3.63, 3.8) is 0 Å². The van der Waals surface area contributed by atoms with Crippen LogP contribution in [0.3, 0.4) is 0 Å². The third-order valence-electron chi connectivity index (χ3n) is 1.75. The molecule has 0 N–H and O–H groups in total. The van der Waals surface area contributed by atoms with Gasteiger partial charge in [0.25, 0.3) is 0 Å². The molecule has 0 aromatic rings. The van der Waals surface area contributed by atoms with Crippen LogP contribution in [0.25, 0.3) is 0 Å². The Morgan fingerprint density at radius 1 is 1.57 bits per heavy atom. The molecule has 0 radical (unpaired) electrons. The predicted molar refractivity (Wildman–Crippen MR) is 49.2 cm³/mol. The van der Waals surface area contributed by atoms with Crippen molar-refractivity contribution in [1.29, 1.82) is 0 Å². The fraction of sp³-hybridized carbons (Fsp3) is 0.600. The van der Waals surface area contributed by atoms with Gasteiger partial charge in [0.1, 0.15) is 0 Å². The van der Waals surface area contributed by atoms with Crippen LogP contribution in [0.1, 0.15) is 26.2 Å². The van der Waals surface area contributed by atoms with E-state index in [9.17, 15) is 14.7 Å². The molecule has 14 heavy (non-hydrogen) atoms. The predicted octanol–water partition coefficient (Wildman–Crippen LogP) is 0.272. The quantitative estimate of drug-likeness (QED) is 0.436. The number of aliphatic carboxylic acids is 1. The van der Waals surface area contributed by atoms with Gasteiger partial charge in [0.2, 0.25) is 0 Å². The summed E-state index contributed by atoms with van der Waals surface area (Å²) in [5.74, 6) is -2.32. The Hall–Kier alpha value is -1.32. The highest BCUT2D eigenvalue weighted by Gasteiger charge is 2.18. The minimum Gasteiger partial charge on any atom is -0.550 e. The molecule has 0 aliphatic carbocycles. The molecule has 0 aliphatic heterocycles. The monoisotopic (exact) mass is 199 g/mol. The molecule has 0 fully saturated rings. The van der Waals surface area contributed by atoms with Crippen molar-refractivity contribution in [2.24, 2.45) is 5.92 Å². The maximum atomic E-state index is 11.2. The van der Waals surface area contributed by atoms with Crippen LogP contribution in [0.2, 0.25) is 0 Å². The molecule has 0 aliphatic rings. The Balaban J connectivity index is 4.14. The van der Waals surface area contributed by atoms with Gasteiger partial charge in [-0.1, -0.05) is 6.08 Å². The van der Waals surface area contributed by atoms with Crippen LogP contribution in [0.5, 0.6) is 0 Å². The summed E-state index contributed by atoms with van der Waals surface area (Å²) in [6.07, 6.45) is 2.39. The van der Waals surface area contributed by atoms with Gasteiger partial charge in [-0.2, -0.15) is 0 Å². The van der Waals surface area contributed by atoms with Crippen molar-refractivity contribution >= 4 is 11.9 Å². The fourth-order valence-electron chi connectivity index (χ4n) is 1.08. The lowest BCUT2D eigenvalue weighted by atomic mass is 10.00. The number of esters is 1. The van der Waals surface area contributed by atoms with Gasteiger partial charge in [-0.05, 0) is 19.8 Å². The minimum atomic E-state index is -1.23. The van der Waals surface area contributed by atoms with Gasteiger partial charge in [0, 0.05) is 12.4 Å². The number of allylic oxidation sites excluding steroid dienone is 1. The molecule has 0 amide bonds. The number of hydrogen-bond donors (Lipinski definition) is 0. The summed E-state index contributed by atoms with van der Waals surface area (Å²) < 4.78 is 4.74. The number of carbonyl (C=O) groups is 2. The van der Waals surface area contributed by atoms with Crippen molar-refractivity contribution in [1.82, 2.24) is 0 Å². The molecule has 0 saturated heterocycles.